The van der Waals surface area contributed by atoms with Crippen LogP contribution < -0.4 is 4.74 Å². The molecule has 6 nitrogen and oxygen atoms in total. The van der Waals surface area contributed by atoms with E-state index in [0.717, 1.165) is 37.0 Å². The van der Waals surface area contributed by atoms with Gasteiger partial charge in [-0.15, -0.1) is 0 Å². The summed E-state index contributed by atoms with van der Waals surface area (Å²) in [5, 5.41) is 28.9. The molecule has 1 heterocycles. The third-order valence-corrected chi connectivity index (χ3v) is 5.71. The second kappa shape index (κ2) is 10.3. The van der Waals surface area contributed by atoms with Crippen LogP contribution in [0, 0.1) is 0 Å². The smallest absolute Gasteiger partial charge is 0.248 e. The van der Waals surface area contributed by atoms with Crippen molar-refractivity contribution >= 4 is 11.6 Å². The van der Waals surface area contributed by atoms with Crippen molar-refractivity contribution < 1.29 is 29.6 Å². The Kier molecular flexibility index (Phi) is 7.55. The highest BCUT2D eigenvalue weighted by molar-refractivity contribution is 6.46. The first-order valence-electron chi connectivity index (χ1n) is 11.0. The topological polar surface area (TPSA) is 104 Å². The van der Waals surface area contributed by atoms with Gasteiger partial charge in [-0.05, 0) is 42.7 Å². The quantitative estimate of drug-likeness (QED) is 0.268. The second-order valence-electron chi connectivity index (χ2n) is 8.15. The average Bonchev–Trinajstić information content (AvgIpc) is 2.76. The molecule has 1 atom stereocenters. The zero-order valence-electron chi connectivity index (χ0n) is 17.9. The molecule has 0 spiro atoms. The average molecular weight is 427 g/mol. The van der Waals surface area contributed by atoms with E-state index in [9.17, 15) is 24.9 Å². The lowest BCUT2D eigenvalue weighted by Gasteiger charge is -2.25. The van der Waals surface area contributed by atoms with E-state index in [1.165, 1.54) is 38.5 Å². The van der Waals surface area contributed by atoms with Gasteiger partial charge >= 0.3 is 0 Å². The number of hydrogen-bond acceptors (Lipinski definition) is 6. The fourth-order valence-corrected chi connectivity index (χ4v) is 3.90. The van der Waals surface area contributed by atoms with Crippen molar-refractivity contribution in [1.82, 2.24) is 0 Å². The van der Waals surface area contributed by atoms with E-state index in [4.69, 9.17) is 4.74 Å². The molecule has 1 aliphatic heterocycles. The number of ketones is 2. The van der Waals surface area contributed by atoms with E-state index >= 15 is 0 Å². The highest BCUT2D eigenvalue weighted by Crippen LogP contribution is 2.40. The molecule has 2 aromatic carbocycles. The van der Waals surface area contributed by atoms with Crippen molar-refractivity contribution in [1.29, 1.82) is 0 Å². The SMILES string of the molecule is CCCCCCCCCCc1ccc2c(c1)C(=O)C(=O)C(c1cc(O)c(O)c(O)c1)O2. The molecule has 0 saturated heterocycles. The first-order valence-corrected chi connectivity index (χ1v) is 11.0. The largest absolute Gasteiger partial charge is 0.504 e. The molecule has 6 heteroatoms. The van der Waals surface area contributed by atoms with Gasteiger partial charge in [-0.1, -0.05) is 57.9 Å². The number of hydrogen-bond donors (Lipinski definition) is 3. The van der Waals surface area contributed by atoms with Crippen molar-refractivity contribution in [3.63, 3.8) is 0 Å². The third kappa shape index (κ3) is 5.37. The Hall–Kier alpha value is -3.02. The summed E-state index contributed by atoms with van der Waals surface area (Å²) in [5.74, 6) is -3.02. The highest BCUT2D eigenvalue weighted by atomic mass is 16.5. The lowest BCUT2D eigenvalue weighted by molar-refractivity contribution is -0.122. The van der Waals surface area contributed by atoms with E-state index in [-0.39, 0.29) is 11.1 Å². The summed E-state index contributed by atoms with van der Waals surface area (Å²) in [4.78, 5) is 25.3. The van der Waals surface area contributed by atoms with Crippen LogP contribution in [-0.4, -0.2) is 26.9 Å². The maximum Gasteiger partial charge on any atom is 0.248 e. The van der Waals surface area contributed by atoms with E-state index in [2.05, 4.69) is 6.92 Å². The van der Waals surface area contributed by atoms with Crippen molar-refractivity contribution in [2.75, 3.05) is 0 Å². The summed E-state index contributed by atoms with van der Waals surface area (Å²) in [7, 11) is 0. The molecule has 0 saturated carbocycles. The lowest BCUT2D eigenvalue weighted by atomic mass is 9.92. The van der Waals surface area contributed by atoms with Crippen LogP contribution in [0.3, 0.4) is 0 Å². The predicted molar refractivity (Wildman–Crippen MR) is 117 cm³/mol. The van der Waals surface area contributed by atoms with Gasteiger partial charge in [0.25, 0.3) is 0 Å². The van der Waals surface area contributed by atoms with Crippen LogP contribution in [0.1, 0.15) is 85.9 Å². The molecule has 2 aromatic rings. The van der Waals surface area contributed by atoms with Gasteiger partial charge in [0.05, 0.1) is 5.56 Å². The Morgan fingerprint density at radius 3 is 2.10 bits per heavy atom. The number of benzene rings is 2. The summed E-state index contributed by atoms with van der Waals surface area (Å²) in [5.41, 5.74) is 1.33. The van der Waals surface area contributed by atoms with Gasteiger partial charge in [0, 0.05) is 5.56 Å². The number of Topliss-reactive ketones (excluding diaryl/α,β-unsaturated/α-hetero) is 2. The number of fused-ring (bicyclic) bond motifs is 1. The Balaban J connectivity index is 1.62. The number of rotatable bonds is 10. The number of aromatic hydroxyl groups is 3. The van der Waals surface area contributed by atoms with Gasteiger partial charge in [0.1, 0.15) is 5.75 Å². The number of phenols is 3. The minimum atomic E-state index is -1.28. The molecule has 0 fully saturated rings. The van der Waals surface area contributed by atoms with E-state index in [1.807, 2.05) is 6.07 Å². The number of ether oxygens (including phenoxy) is 1. The van der Waals surface area contributed by atoms with Crippen molar-refractivity contribution in [3.8, 4) is 23.0 Å². The molecule has 0 amide bonds. The summed E-state index contributed by atoms with van der Waals surface area (Å²) in [6, 6.07) is 7.51. The minimum Gasteiger partial charge on any atom is -0.504 e. The van der Waals surface area contributed by atoms with Gasteiger partial charge in [0.15, 0.2) is 23.4 Å². The summed E-state index contributed by atoms with van der Waals surface area (Å²) < 4.78 is 5.72. The Morgan fingerprint density at radius 1 is 0.839 bits per heavy atom. The minimum absolute atomic E-state index is 0.0970. The molecule has 1 aliphatic rings. The van der Waals surface area contributed by atoms with E-state index in [1.54, 1.807) is 12.1 Å². The molecule has 1 unspecified atom stereocenters. The number of aryl methyl sites for hydroxylation is 1. The third-order valence-electron chi connectivity index (χ3n) is 5.71. The molecule has 3 rings (SSSR count). The highest BCUT2D eigenvalue weighted by Gasteiger charge is 2.37. The number of carbonyl (C=O) groups excluding carboxylic acids is 2. The first kappa shape index (κ1) is 22.7. The van der Waals surface area contributed by atoms with Crippen LogP contribution in [0.2, 0.25) is 0 Å². The van der Waals surface area contributed by atoms with E-state index < -0.39 is 34.9 Å². The molecule has 0 aliphatic carbocycles. The number of unbranched alkanes of at least 4 members (excludes halogenated alkanes) is 7. The standard InChI is InChI=1S/C25H30O6/c1-2-3-4-5-6-7-8-9-10-16-11-12-21-18(13-16)22(28)24(30)25(31-21)17-14-19(26)23(29)20(27)15-17/h11-15,25-27,29H,2-10H2,1H3. The zero-order chi connectivity index (χ0) is 22.4. The monoisotopic (exact) mass is 426 g/mol. The summed E-state index contributed by atoms with van der Waals surface area (Å²) >= 11 is 0. The van der Waals surface area contributed by atoms with Gasteiger partial charge in [-0.3, -0.25) is 9.59 Å². The van der Waals surface area contributed by atoms with Gasteiger partial charge in [-0.2, -0.15) is 0 Å². The van der Waals surface area contributed by atoms with Crippen LogP contribution in [-0.2, 0) is 11.2 Å². The van der Waals surface area contributed by atoms with E-state index in [0.29, 0.717) is 5.75 Å². The number of phenolic OH excluding ortho intramolecular Hbond substituents is 3. The second-order valence-corrected chi connectivity index (χ2v) is 8.15. The molecule has 0 aromatic heterocycles. The summed E-state index contributed by atoms with van der Waals surface area (Å²) in [6.07, 6.45) is 9.36. The Morgan fingerprint density at radius 2 is 1.45 bits per heavy atom. The molecule has 3 N–H and O–H groups in total. The van der Waals surface area contributed by atoms with Gasteiger partial charge < -0.3 is 20.1 Å². The fraction of sp³-hybridized carbons (Fsp3) is 0.440. The van der Waals surface area contributed by atoms with Crippen LogP contribution >= 0.6 is 0 Å². The van der Waals surface area contributed by atoms with Crippen LogP contribution in [0.15, 0.2) is 30.3 Å². The lowest BCUT2D eigenvalue weighted by Crippen LogP contribution is -2.31. The molecule has 31 heavy (non-hydrogen) atoms. The number of carbonyl (C=O) groups is 2. The zero-order valence-corrected chi connectivity index (χ0v) is 17.9. The molecular formula is C25H30O6. The maximum atomic E-state index is 12.7. The molecular weight excluding hydrogens is 396 g/mol. The molecule has 166 valence electrons. The van der Waals surface area contributed by atoms with Crippen molar-refractivity contribution in [3.05, 3.63) is 47.0 Å². The van der Waals surface area contributed by atoms with Crippen molar-refractivity contribution in [2.24, 2.45) is 0 Å². The Labute approximate surface area is 182 Å². The molecule has 0 radical (unpaired) electrons. The first-order chi connectivity index (χ1) is 14.9. The Bertz CT molecular complexity index is 926. The molecule has 0 bridgehead atoms. The van der Waals surface area contributed by atoms with Crippen LogP contribution in [0.4, 0.5) is 0 Å². The maximum absolute atomic E-state index is 12.7. The van der Waals surface area contributed by atoms with Crippen molar-refractivity contribution in [2.45, 2.75) is 70.8 Å². The van der Waals surface area contributed by atoms with Gasteiger partial charge in [-0.25, -0.2) is 0 Å². The van der Waals surface area contributed by atoms with Crippen LogP contribution in [0.5, 0.6) is 23.0 Å². The summed E-state index contributed by atoms with van der Waals surface area (Å²) in [6.45, 7) is 2.21. The normalized spacial score (nSPS) is 15.6. The predicted octanol–water partition coefficient (Wildman–Crippen LogP) is 5.37. The van der Waals surface area contributed by atoms with Crippen LogP contribution in [0.25, 0.3) is 0 Å². The van der Waals surface area contributed by atoms with Gasteiger partial charge in [0.2, 0.25) is 11.6 Å². The fourth-order valence-electron chi connectivity index (χ4n) is 3.90.